The monoisotopic (exact) mass is 507 g/mol. The number of nitro benzene ring substituents is 1. The van der Waals surface area contributed by atoms with Gasteiger partial charge in [0.15, 0.2) is 8.07 Å². The van der Waals surface area contributed by atoms with Gasteiger partial charge in [-0.15, -0.1) is 0 Å². The van der Waals surface area contributed by atoms with Crippen molar-refractivity contribution < 1.29 is 14.2 Å². The highest BCUT2D eigenvalue weighted by Gasteiger charge is 2.54. The molecule has 1 saturated heterocycles. The van der Waals surface area contributed by atoms with Crippen LogP contribution in [0.25, 0.3) is 0 Å². The van der Waals surface area contributed by atoms with Crippen LogP contribution in [0, 0.1) is 10.1 Å². The Morgan fingerprint density at radius 3 is 1.43 bits per heavy atom. The zero-order chi connectivity index (χ0) is 26.3. The van der Waals surface area contributed by atoms with Crippen molar-refractivity contribution in [2.24, 2.45) is 0 Å². The summed E-state index contributed by atoms with van der Waals surface area (Å²) >= 11 is 0. The fraction of sp³-hybridized carbons (Fsp3) is 0.200. The molecule has 4 aromatic rings. The van der Waals surface area contributed by atoms with E-state index in [4.69, 9.17) is 9.31 Å². The molecule has 1 heterocycles. The molecule has 0 saturated carbocycles. The van der Waals surface area contributed by atoms with Crippen LogP contribution >= 0.6 is 0 Å². The summed E-state index contributed by atoms with van der Waals surface area (Å²) in [7, 11) is -3.69. The fourth-order valence-corrected chi connectivity index (χ4v) is 9.96. The van der Waals surface area contributed by atoms with E-state index in [1.54, 1.807) is 6.07 Å². The van der Waals surface area contributed by atoms with Gasteiger partial charge in [0.2, 0.25) is 0 Å². The minimum Gasteiger partial charge on any atom is -0.399 e. The molecule has 0 radical (unpaired) electrons. The lowest BCUT2D eigenvalue weighted by atomic mass is 9.78. The van der Waals surface area contributed by atoms with E-state index in [2.05, 4.69) is 72.8 Å². The molecule has 5 nitrogen and oxygen atoms in total. The molecule has 0 N–H and O–H groups in total. The molecule has 0 bridgehead atoms. The van der Waals surface area contributed by atoms with Gasteiger partial charge in [0, 0.05) is 6.07 Å². The maximum absolute atomic E-state index is 12.2. The molecule has 0 unspecified atom stereocenters. The normalized spacial score (nSPS) is 16.5. The number of nitrogens with zero attached hydrogens (tertiary/aromatic N) is 1. The van der Waals surface area contributed by atoms with Gasteiger partial charge in [0.05, 0.1) is 21.6 Å². The van der Waals surface area contributed by atoms with Gasteiger partial charge < -0.3 is 9.31 Å². The first-order chi connectivity index (χ1) is 17.7. The first-order valence-electron chi connectivity index (χ1n) is 12.5. The topological polar surface area (TPSA) is 61.6 Å². The average Bonchev–Trinajstić information content (AvgIpc) is 3.13. The van der Waals surface area contributed by atoms with Gasteiger partial charge in [0.25, 0.3) is 5.69 Å². The van der Waals surface area contributed by atoms with Crippen LogP contribution in [0.1, 0.15) is 27.7 Å². The Morgan fingerprint density at radius 1 is 0.649 bits per heavy atom. The molecule has 0 spiro atoms. The van der Waals surface area contributed by atoms with E-state index in [9.17, 15) is 10.1 Å². The van der Waals surface area contributed by atoms with Crippen molar-refractivity contribution in [2.45, 2.75) is 38.9 Å². The minimum absolute atomic E-state index is 0.000616. The summed E-state index contributed by atoms with van der Waals surface area (Å²) in [5.74, 6) is 0. The van der Waals surface area contributed by atoms with Crippen molar-refractivity contribution in [3.05, 3.63) is 119 Å². The van der Waals surface area contributed by atoms with Crippen LogP contribution in [0.15, 0.2) is 109 Å². The van der Waals surface area contributed by atoms with Crippen molar-refractivity contribution in [3.8, 4) is 0 Å². The third-order valence-electron chi connectivity index (χ3n) is 7.78. The Bertz CT molecular complexity index is 1300. The molecule has 1 fully saturated rings. The lowest BCUT2D eigenvalue weighted by Gasteiger charge is -2.34. The van der Waals surface area contributed by atoms with Gasteiger partial charge in [-0.3, -0.25) is 10.1 Å². The van der Waals surface area contributed by atoms with Crippen LogP contribution in [-0.2, 0) is 9.31 Å². The molecule has 1 aliphatic heterocycles. The number of rotatable bonds is 6. The zero-order valence-corrected chi connectivity index (χ0v) is 22.5. The maximum atomic E-state index is 12.2. The Hall–Kier alpha value is -3.52. The van der Waals surface area contributed by atoms with Crippen LogP contribution in [0.3, 0.4) is 0 Å². The van der Waals surface area contributed by atoms with E-state index in [0.29, 0.717) is 5.46 Å². The molecule has 0 amide bonds. The quantitative estimate of drug-likeness (QED) is 0.174. The molecule has 0 aromatic heterocycles. The number of hydrogen-bond donors (Lipinski definition) is 0. The van der Waals surface area contributed by atoms with Crippen LogP contribution < -0.4 is 26.2 Å². The van der Waals surface area contributed by atoms with E-state index >= 15 is 0 Å². The van der Waals surface area contributed by atoms with Gasteiger partial charge >= 0.3 is 7.12 Å². The summed E-state index contributed by atoms with van der Waals surface area (Å²) in [5.41, 5.74) is -0.789. The third kappa shape index (κ3) is 4.23. The van der Waals surface area contributed by atoms with Crippen LogP contribution in [0.4, 0.5) is 5.69 Å². The van der Waals surface area contributed by atoms with Gasteiger partial charge in [-0.1, -0.05) is 103 Å². The Kier molecular flexibility index (Phi) is 6.40. The Balaban J connectivity index is 1.83. The molecule has 4 aromatic carbocycles. The summed E-state index contributed by atoms with van der Waals surface area (Å²) in [5, 5.41) is 16.8. The Morgan fingerprint density at radius 2 is 1.05 bits per heavy atom. The minimum atomic E-state index is -2.85. The van der Waals surface area contributed by atoms with E-state index in [-0.39, 0.29) is 10.6 Å². The van der Waals surface area contributed by atoms with E-state index in [0.717, 1.165) is 5.19 Å². The SMILES string of the molecule is CC1(C)OB(c2cc([Si](c3ccccc3)(c3ccccc3)c3ccccc3)ccc2[N+](=O)[O-])OC1(C)C. The predicted octanol–water partition coefficient (Wildman–Crippen LogP) is 3.27. The van der Waals surface area contributed by atoms with Crippen molar-refractivity contribution >= 4 is 47.1 Å². The molecule has 0 aliphatic carbocycles. The second kappa shape index (κ2) is 9.41. The highest BCUT2D eigenvalue weighted by molar-refractivity contribution is 7.20. The molecule has 7 heteroatoms. The summed E-state index contributed by atoms with van der Waals surface area (Å²) in [6, 6.07) is 36.9. The molecule has 5 rings (SSSR count). The van der Waals surface area contributed by atoms with Gasteiger partial charge in [0.1, 0.15) is 0 Å². The first kappa shape index (κ1) is 25.1. The lowest BCUT2D eigenvalue weighted by Crippen LogP contribution is -2.75. The van der Waals surface area contributed by atoms with E-state index in [1.807, 2.05) is 58.0 Å². The molecule has 186 valence electrons. The molecule has 1 aliphatic rings. The third-order valence-corrected chi connectivity index (χ3v) is 12.6. The highest BCUT2D eigenvalue weighted by Crippen LogP contribution is 2.37. The predicted molar refractivity (Wildman–Crippen MR) is 152 cm³/mol. The van der Waals surface area contributed by atoms with Gasteiger partial charge in [-0.05, 0) is 48.4 Å². The van der Waals surface area contributed by atoms with Crippen molar-refractivity contribution in [3.63, 3.8) is 0 Å². The number of hydrogen-bond acceptors (Lipinski definition) is 4. The number of benzene rings is 4. The first-order valence-corrected chi connectivity index (χ1v) is 14.5. The van der Waals surface area contributed by atoms with Gasteiger partial charge in [-0.2, -0.15) is 0 Å². The maximum Gasteiger partial charge on any atom is 0.501 e. The summed E-state index contributed by atoms with van der Waals surface area (Å²) in [6.07, 6.45) is 0. The van der Waals surface area contributed by atoms with Crippen molar-refractivity contribution in [2.75, 3.05) is 0 Å². The number of nitro groups is 1. The van der Waals surface area contributed by atoms with Crippen molar-refractivity contribution in [1.82, 2.24) is 0 Å². The second-order valence-corrected chi connectivity index (χ2v) is 14.3. The van der Waals surface area contributed by atoms with Crippen LogP contribution in [-0.4, -0.2) is 31.3 Å². The lowest BCUT2D eigenvalue weighted by molar-refractivity contribution is -0.383. The summed E-state index contributed by atoms with van der Waals surface area (Å²) < 4.78 is 12.6. The molecule has 0 atom stereocenters. The van der Waals surface area contributed by atoms with Crippen LogP contribution in [0.5, 0.6) is 0 Å². The second-order valence-electron chi connectivity index (χ2n) is 10.5. The molecular weight excluding hydrogens is 477 g/mol. The fourth-order valence-electron chi connectivity index (χ4n) is 5.18. The highest BCUT2D eigenvalue weighted by atomic mass is 28.3. The molecular formula is C30H30BNO4Si. The summed E-state index contributed by atoms with van der Waals surface area (Å²) in [4.78, 5) is 11.8. The van der Waals surface area contributed by atoms with E-state index in [1.165, 1.54) is 15.6 Å². The largest absolute Gasteiger partial charge is 0.501 e. The average molecular weight is 507 g/mol. The molecule has 37 heavy (non-hydrogen) atoms. The van der Waals surface area contributed by atoms with E-state index < -0.39 is 26.4 Å². The van der Waals surface area contributed by atoms with Crippen LogP contribution in [0.2, 0.25) is 0 Å². The summed E-state index contributed by atoms with van der Waals surface area (Å²) in [6.45, 7) is 7.83. The smallest absolute Gasteiger partial charge is 0.399 e. The van der Waals surface area contributed by atoms with Crippen molar-refractivity contribution in [1.29, 1.82) is 0 Å². The van der Waals surface area contributed by atoms with Gasteiger partial charge in [-0.25, -0.2) is 0 Å². The zero-order valence-electron chi connectivity index (χ0n) is 21.5. The standard InChI is InChI=1S/C30H30BNO4Si/c1-29(2)30(3,4)36-31(35-29)27-22-26(20-21-28(27)32(33)34)37(23-14-8-5-9-15-23,24-16-10-6-11-17-24)25-18-12-7-13-19-25/h5-22H,1-4H3. The Labute approximate surface area is 219 Å².